The Morgan fingerprint density at radius 2 is 1.85 bits per heavy atom. The minimum atomic E-state index is -0.458. The van der Waals surface area contributed by atoms with Crippen LogP contribution in [0.1, 0.15) is 20.8 Å². The summed E-state index contributed by atoms with van der Waals surface area (Å²) >= 11 is 0. The zero-order valence-electron chi connectivity index (χ0n) is 8.92. The van der Waals surface area contributed by atoms with E-state index in [0.29, 0.717) is 6.41 Å². The molecule has 0 aromatic heterocycles. The van der Waals surface area contributed by atoms with E-state index >= 15 is 0 Å². The van der Waals surface area contributed by atoms with E-state index in [9.17, 15) is 9.59 Å². The quantitative estimate of drug-likeness (QED) is 0.642. The van der Waals surface area contributed by atoms with E-state index in [0.717, 1.165) is 0 Å². The monoisotopic (exact) mass is 186 g/mol. The molecular formula is C9H18N2O2. The molecule has 0 heterocycles. The highest BCUT2D eigenvalue weighted by Gasteiger charge is 2.31. The maximum atomic E-state index is 11.6. The van der Waals surface area contributed by atoms with Crippen LogP contribution in [0.15, 0.2) is 0 Å². The van der Waals surface area contributed by atoms with Crippen molar-refractivity contribution in [3.63, 3.8) is 0 Å². The van der Waals surface area contributed by atoms with Crippen LogP contribution in [-0.2, 0) is 9.59 Å². The van der Waals surface area contributed by atoms with Gasteiger partial charge < -0.3 is 10.2 Å². The second-order valence-corrected chi connectivity index (χ2v) is 4.32. The van der Waals surface area contributed by atoms with Gasteiger partial charge in [0.05, 0.1) is 0 Å². The van der Waals surface area contributed by atoms with Crippen molar-refractivity contribution in [1.29, 1.82) is 0 Å². The normalized spacial score (nSPS) is 13.3. The lowest BCUT2D eigenvalue weighted by atomic mass is 9.86. The molecule has 0 saturated heterocycles. The van der Waals surface area contributed by atoms with E-state index in [2.05, 4.69) is 5.32 Å². The summed E-state index contributed by atoms with van der Waals surface area (Å²) in [5, 5.41) is 2.53. The van der Waals surface area contributed by atoms with Gasteiger partial charge in [-0.2, -0.15) is 0 Å². The van der Waals surface area contributed by atoms with Crippen LogP contribution >= 0.6 is 0 Å². The molecule has 1 unspecified atom stereocenters. The number of likely N-dealkylation sites (N-methyl/N-ethyl adjacent to an activating group) is 1. The zero-order valence-corrected chi connectivity index (χ0v) is 8.92. The van der Waals surface area contributed by atoms with Gasteiger partial charge in [0.15, 0.2) is 0 Å². The molecule has 0 spiro atoms. The molecule has 4 nitrogen and oxygen atoms in total. The number of hydrogen-bond donors (Lipinski definition) is 1. The number of nitrogens with zero attached hydrogens (tertiary/aromatic N) is 1. The number of carbonyl (C=O) groups excluding carboxylic acids is 2. The van der Waals surface area contributed by atoms with Crippen LogP contribution in [0.2, 0.25) is 0 Å². The van der Waals surface area contributed by atoms with Crippen molar-refractivity contribution in [3.05, 3.63) is 0 Å². The first-order chi connectivity index (χ1) is 5.80. The first-order valence-electron chi connectivity index (χ1n) is 4.21. The third kappa shape index (κ3) is 3.44. The molecule has 13 heavy (non-hydrogen) atoms. The fourth-order valence-corrected chi connectivity index (χ4v) is 1.02. The Morgan fingerprint density at radius 3 is 2.08 bits per heavy atom. The summed E-state index contributed by atoms with van der Waals surface area (Å²) in [5.74, 6) is -0.0837. The molecule has 4 heteroatoms. The molecule has 2 amide bonds. The van der Waals surface area contributed by atoms with E-state index in [1.165, 1.54) is 4.90 Å². The van der Waals surface area contributed by atoms with Gasteiger partial charge >= 0.3 is 0 Å². The predicted molar refractivity (Wildman–Crippen MR) is 51.1 cm³/mol. The van der Waals surface area contributed by atoms with Crippen molar-refractivity contribution >= 4 is 12.3 Å². The molecule has 0 rings (SSSR count). The maximum absolute atomic E-state index is 11.6. The van der Waals surface area contributed by atoms with Crippen molar-refractivity contribution in [3.8, 4) is 0 Å². The molecule has 0 radical (unpaired) electrons. The van der Waals surface area contributed by atoms with E-state index in [1.54, 1.807) is 14.1 Å². The van der Waals surface area contributed by atoms with Crippen LogP contribution in [0.25, 0.3) is 0 Å². The Kier molecular flexibility index (Phi) is 3.91. The SMILES string of the molecule is CN(C)C(=O)C(NC=O)C(C)(C)C. The molecule has 0 aliphatic rings. The Morgan fingerprint density at radius 1 is 1.38 bits per heavy atom. The summed E-state index contributed by atoms with van der Waals surface area (Å²) in [5.41, 5.74) is -0.262. The van der Waals surface area contributed by atoms with Gasteiger partial charge in [0, 0.05) is 14.1 Å². The van der Waals surface area contributed by atoms with Crippen molar-refractivity contribution in [2.45, 2.75) is 26.8 Å². The summed E-state index contributed by atoms with van der Waals surface area (Å²) in [6.07, 6.45) is 0.567. The Balaban J connectivity index is 4.61. The standard InChI is InChI=1S/C9H18N2O2/c1-9(2,3)7(10-6-12)8(13)11(4)5/h6-7H,1-5H3,(H,10,12). The van der Waals surface area contributed by atoms with Crippen LogP contribution in [0.3, 0.4) is 0 Å². The summed E-state index contributed by atoms with van der Waals surface area (Å²) in [7, 11) is 3.35. The summed E-state index contributed by atoms with van der Waals surface area (Å²) in [6.45, 7) is 5.74. The van der Waals surface area contributed by atoms with E-state index in [4.69, 9.17) is 0 Å². The minimum Gasteiger partial charge on any atom is -0.347 e. The van der Waals surface area contributed by atoms with Crippen LogP contribution in [-0.4, -0.2) is 37.4 Å². The molecular weight excluding hydrogens is 168 g/mol. The van der Waals surface area contributed by atoms with Crippen molar-refractivity contribution in [1.82, 2.24) is 10.2 Å². The lowest BCUT2D eigenvalue weighted by molar-refractivity contribution is -0.135. The molecule has 0 aromatic rings. The molecule has 1 N–H and O–H groups in total. The minimum absolute atomic E-state index is 0.0837. The molecule has 0 aliphatic heterocycles. The largest absolute Gasteiger partial charge is 0.347 e. The number of amides is 2. The fourth-order valence-electron chi connectivity index (χ4n) is 1.02. The van der Waals surface area contributed by atoms with Crippen LogP contribution < -0.4 is 5.32 Å². The third-order valence-electron chi connectivity index (χ3n) is 1.79. The Labute approximate surface area is 79.3 Å². The third-order valence-corrected chi connectivity index (χ3v) is 1.79. The molecule has 0 saturated carbocycles. The van der Waals surface area contributed by atoms with Crippen LogP contribution in [0.4, 0.5) is 0 Å². The smallest absolute Gasteiger partial charge is 0.245 e. The number of carbonyl (C=O) groups is 2. The van der Waals surface area contributed by atoms with Crippen molar-refractivity contribution in [2.75, 3.05) is 14.1 Å². The number of rotatable bonds is 3. The molecule has 76 valence electrons. The number of nitrogens with one attached hydrogen (secondary N) is 1. The van der Waals surface area contributed by atoms with E-state index in [1.807, 2.05) is 20.8 Å². The molecule has 0 bridgehead atoms. The predicted octanol–water partition coefficient (Wildman–Crippen LogP) is 0.235. The second-order valence-electron chi connectivity index (χ2n) is 4.32. The second kappa shape index (κ2) is 4.25. The maximum Gasteiger partial charge on any atom is 0.245 e. The summed E-state index contributed by atoms with van der Waals surface area (Å²) in [6, 6.07) is -0.458. The first kappa shape index (κ1) is 11.9. The lowest BCUT2D eigenvalue weighted by Crippen LogP contribution is -2.50. The fraction of sp³-hybridized carbons (Fsp3) is 0.778. The lowest BCUT2D eigenvalue weighted by Gasteiger charge is -2.30. The van der Waals surface area contributed by atoms with Gasteiger partial charge in [-0.25, -0.2) is 0 Å². The molecule has 0 fully saturated rings. The highest BCUT2D eigenvalue weighted by atomic mass is 16.2. The molecule has 1 atom stereocenters. The van der Waals surface area contributed by atoms with Gasteiger partial charge in [-0.05, 0) is 5.41 Å². The summed E-state index contributed by atoms with van der Waals surface area (Å²) < 4.78 is 0. The highest BCUT2D eigenvalue weighted by Crippen LogP contribution is 2.19. The average molecular weight is 186 g/mol. The van der Waals surface area contributed by atoms with Crippen LogP contribution in [0, 0.1) is 5.41 Å². The van der Waals surface area contributed by atoms with Crippen molar-refractivity contribution < 1.29 is 9.59 Å². The van der Waals surface area contributed by atoms with E-state index < -0.39 is 6.04 Å². The summed E-state index contributed by atoms with van der Waals surface area (Å²) in [4.78, 5) is 23.4. The highest BCUT2D eigenvalue weighted by molar-refractivity contribution is 5.84. The molecule has 0 aromatic carbocycles. The van der Waals surface area contributed by atoms with Gasteiger partial charge in [-0.1, -0.05) is 20.8 Å². The van der Waals surface area contributed by atoms with Gasteiger partial charge in [0.25, 0.3) is 0 Å². The van der Waals surface area contributed by atoms with Gasteiger partial charge in [-0.15, -0.1) is 0 Å². The van der Waals surface area contributed by atoms with Gasteiger partial charge in [0.1, 0.15) is 6.04 Å². The van der Waals surface area contributed by atoms with Gasteiger partial charge in [-0.3, -0.25) is 9.59 Å². The van der Waals surface area contributed by atoms with Gasteiger partial charge in [0.2, 0.25) is 12.3 Å². The Hall–Kier alpha value is -1.06. The Bertz CT molecular complexity index is 194. The topological polar surface area (TPSA) is 49.4 Å². The van der Waals surface area contributed by atoms with Crippen molar-refractivity contribution in [2.24, 2.45) is 5.41 Å². The average Bonchev–Trinajstić information content (AvgIpc) is 1.96. The van der Waals surface area contributed by atoms with Crippen LogP contribution in [0.5, 0.6) is 0 Å². The molecule has 0 aliphatic carbocycles. The first-order valence-corrected chi connectivity index (χ1v) is 4.21. The van der Waals surface area contributed by atoms with E-state index in [-0.39, 0.29) is 11.3 Å². The zero-order chi connectivity index (χ0) is 10.6. The number of hydrogen-bond acceptors (Lipinski definition) is 2.